The summed E-state index contributed by atoms with van der Waals surface area (Å²) >= 11 is 0. The van der Waals surface area contributed by atoms with Gasteiger partial charge in [0, 0.05) is 17.0 Å². The van der Waals surface area contributed by atoms with E-state index in [2.05, 4.69) is 10.2 Å². The summed E-state index contributed by atoms with van der Waals surface area (Å²) in [5, 5.41) is 6.18. The van der Waals surface area contributed by atoms with Crippen molar-refractivity contribution in [2.24, 2.45) is 0 Å². The van der Waals surface area contributed by atoms with Crippen molar-refractivity contribution in [2.75, 3.05) is 0 Å². The predicted molar refractivity (Wildman–Crippen MR) is 97.4 cm³/mol. The summed E-state index contributed by atoms with van der Waals surface area (Å²) < 4.78 is 44.5. The topological polar surface area (TPSA) is 93.0 Å². The molecule has 2 aromatic heterocycles. The van der Waals surface area contributed by atoms with Gasteiger partial charge in [-0.05, 0) is 29.8 Å². The number of aromatic nitrogens is 2. The van der Waals surface area contributed by atoms with Crippen LogP contribution in [0.3, 0.4) is 0 Å². The maximum Gasteiger partial charge on any atom is 0.264 e. The van der Waals surface area contributed by atoms with E-state index in [1.54, 1.807) is 24.3 Å². The quantitative estimate of drug-likeness (QED) is 0.583. The van der Waals surface area contributed by atoms with Crippen LogP contribution in [0.5, 0.6) is 0 Å². The molecule has 2 heterocycles. The van der Waals surface area contributed by atoms with Crippen molar-refractivity contribution < 1.29 is 17.2 Å². The molecule has 8 heteroatoms. The molecular weight excluding hydrogens is 371 g/mol. The van der Waals surface area contributed by atoms with Crippen LogP contribution in [0.4, 0.5) is 4.39 Å². The third kappa shape index (κ3) is 3.26. The molecule has 0 spiro atoms. The highest BCUT2D eigenvalue weighted by atomic mass is 32.2. The van der Waals surface area contributed by atoms with Crippen molar-refractivity contribution in [1.29, 1.82) is 0 Å². The minimum Gasteiger partial charge on any atom is -0.459 e. The molecule has 0 fully saturated rings. The molecule has 0 saturated carbocycles. The zero-order valence-electron chi connectivity index (χ0n) is 13.8. The molecule has 27 heavy (non-hydrogen) atoms. The Morgan fingerprint density at radius 3 is 2.44 bits per heavy atom. The van der Waals surface area contributed by atoms with Crippen LogP contribution in [0.15, 0.2) is 74.9 Å². The van der Waals surface area contributed by atoms with E-state index in [4.69, 9.17) is 4.42 Å². The molecule has 0 bridgehead atoms. The second kappa shape index (κ2) is 6.48. The minimum atomic E-state index is -3.87. The summed E-state index contributed by atoms with van der Waals surface area (Å²) in [5.74, 6) is -0.623. The maximum atomic E-state index is 13.3. The van der Waals surface area contributed by atoms with Crippen LogP contribution in [0.1, 0.15) is 5.76 Å². The lowest BCUT2D eigenvalue weighted by atomic mass is 10.0. The number of hydrogen-bond donors (Lipinski definition) is 1. The van der Waals surface area contributed by atoms with Crippen LogP contribution >= 0.6 is 0 Å². The fraction of sp³-hybridized carbons (Fsp3) is 0.0526. The van der Waals surface area contributed by atoms with Gasteiger partial charge in [0.15, 0.2) is 5.03 Å². The first-order valence-electron chi connectivity index (χ1n) is 7.99. The Hall–Kier alpha value is -3.26. The number of H-pyrrole nitrogens is 1. The standard InChI is InChI=1S/C19H13FN2O4S/c20-13-7-5-12(6-8-13)19-14-3-1-2-4-15(14)26-16(19)11-27(24,25)18-10-9-17(23)21-22-18/h1-10H,11H2,(H,21,23). The average Bonchev–Trinajstić information content (AvgIpc) is 3.00. The van der Waals surface area contributed by atoms with Crippen molar-refractivity contribution in [1.82, 2.24) is 10.2 Å². The number of para-hydroxylation sites is 1. The fourth-order valence-electron chi connectivity index (χ4n) is 2.88. The monoisotopic (exact) mass is 384 g/mol. The predicted octanol–water partition coefficient (Wildman–Crippen LogP) is 3.30. The lowest BCUT2D eigenvalue weighted by Gasteiger charge is -2.05. The van der Waals surface area contributed by atoms with Gasteiger partial charge in [0.25, 0.3) is 5.56 Å². The zero-order chi connectivity index (χ0) is 19.0. The molecular formula is C19H13FN2O4S. The lowest BCUT2D eigenvalue weighted by molar-refractivity contribution is 0.552. The van der Waals surface area contributed by atoms with Gasteiger partial charge in [-0.25, -0.2) is 17.9 Å². The largest absolute Gasteiger partial charge is 0.459 e. The molecule has 136 valence electrons. The van der Waals surface area contributed by atoms with Crippen LogP contribution in [0.2, 0.25) is 0 Å². The van der Waals surface area contributed by atoms with Crippen LogP contribution in [0.25, 0.3) is 22.1 Å². The number of hydrogen-bond acceptors (Lipinski definition) is 5. The van der Waals surface area contributed by atoms with Gasteiger partial charge in [0.2, 0.25) is 9.84 Å². The summed E-state index contributed by atoms with van der Waals surface area (Å²) in [7, 11) is -3.87. The van der Waals surface area contributed by atoms with Crippen molar-refractivity contribution in [2.45, 2.75) is 10.8 Å². The minimum absolute atomic E-state index is 0.218. The van der Waals surface area contributed by atoms with E-state index in [1.807, 2.05) is 12.1 Å². The molecule has 0 atom stereocenters. The normalized spacial score (nSPS) is 11.7. The maximum absolute atomic E-state index is 13.3. The highest BCUT2D eigenvalue weighted by Crippen LogP contribution is 2.36. The molecule has 1 N–H and O–H groups in total. The van der Waals surface area contributed by atoms with Gasteiger partial charge < -0.3 is 4.42 Å². The molecule has 0 aliphatic carbocycles. The van der Waals surface area contributed by atoms with E-state index in [1.165, 1.54) is 12.1 Å². The van der Waals surface area contributed by atoms with Crippen LogP contribution < -0.4 is 5.56 Å². The first-order chi connectivity index (χ1) is 12.9. The van der Waals surface area contributed by atoms with Crippen LogP contribution in [-0.2, 0) is 15.6 Å². The van der Waals surface area contributed by atoms with E-state index in [-0.39, 0.29) is 10.8 Å². The summed E-state index contributed by atoms with van der Waals surface area (Å²) in [5.41, 5.74) is 1.25. The van der Waals surface area contributed by atoms with Gasteiger partial charge in [0.05, 0.1) is 0 Å². The highest BCUT2D eigenvalue weighted by Gasteiger charge is 2.24. The highest BCUT2D eigenvalue weighted by molar-refractivity contribution is 7.90. The number of halogens is 1. The molecule has 0 saturated heterocycles. The van der Waals surface area contributed by atoms with E-state index in [0.29, 0.717) is 16.7 Å². The fourth-order valence-corrected chi connectivity index (χ4v) is 4.04. The molecule has 4 rings (SSSR count). The van der Waals surface area contributed by atoms with Crippen molar-refractivity contribution in [3.8, 4) is 11.1 Å². The van der Waals surface area contributed by atoms with Crippen molar-refractivity contribution in [3.05, 3.63) is 82.6 Å². The summed E-state index contributed by atoms with van der Waals surface area (Å²) in [6.07, 6.45) is 0. The van der Waals surface area contributed by atoms with Gasteiger partial charge in [0.1, 0.15) is 22.9 Å². The smallest absolute Gasteiger partial charge is 0.264 e. The SMILES string of the molecule is O=c1ccc(S(=O)(=O)Cc2oc3ccccc3c2-c2ccc(F)cc2)n[nH]1. The Bertz CT molecular complexity index is 1270. The second-order valence-corrected chi connectivity index (χ2v) is 7.86. The van der Waals surface area contributed by atoms with Gasteiger partial charge >= 0.3 is 0 Å². The van der Waals surface area contributed by atoms with Gasteiger partial charge in [-0.15, -0.1) is 0 Å². The van der Waals surface area contributed by atoms with Gasteiger partial charge in [-0.2, -0.15) is 5.10 Å². The Morgan fingerprint density at radius 2 is 1.74 bits per heavy atom. The number of furan rings is 1. The average molecular weight is 384 g/mol. The van der Waals surface area contributed by atoms with E-state index in [9.17, 15) is 17.6 Å². The number of rotatable bonds is 4. The van der Waals surface area contributed by atoms with Gasteiger partial charge in [-0.3, -0.25) is 4.79 Å². The van der Waals surface area contributed by atoms with Crippen molar-refractivity contribution >= 4 is 20.8 Å². The Labute approximate surface area is 153 Å². The molecule has 0 amide bonds. The third-order valence-electron chi connectivity index (χ3n) is 4.09. The third-order valence-corrected chi connectivity index (χ3v) is 5.60. The van der Waals surface area contributed by atoms with E-state index in [0.717, 1.165) is 17.5 Å². The Kier molecular flexibility index (Phi) is 4.12. The molecule has 2 aromatic carbocycles. The molecule has 4 aromatic rings. The zero-order valence-corrected chi connectivity index (χ0v) is 14.7. The van der Waals surface area contributed by atoms with Gasteiger partial charge in [-0.1, -0.05) is 30.3 Å². The second-order valence-electron chi connectivity index (χ2n) is 5.92. The van der Waals surface area contributed by atoms with E-state index >= 15 is 0 Å². The summed E-state index contributed by atoms with van der Waals surface area (Å²) in [4.78, 5) is 11.1. The Morgan fingerprint density at radius 1 is 1.00 bits per heavy atom. The lowest BCUT2D eigenvalue weighted by Crippen LogP contribution is -2.13. The molecule has 0 unspecified atom stereocenters. The Balaban J connectivity index is 1.86. The molecule has 0 aliphatic heterocycles. The molecule has 0 aliphatic rings. The number of nitrogens with one attached hydrogen (secondary N) is 1. The number of nitrogens with zero attached hydrogens (tertiary/aromatic N) is 1. The van der Waals surface area contributed by atoms with E-state index < -0.39 is 27.0 Å². The van der Waals surface area contributed by atoms with Crippen LogP contribution in [-0.4, -0.2) is 18.6 Å². The number of sulfone groups is 1. The molecule has 0 radical (unpaired) electrons. The number of fused-ring (bicyclic) bond motifs is 1. The number of benzene rings is 2. The van der Waals surface area contributed by atoms with Crippen LogP contribution in [0, 0.1) is 5.82 Å². The first kappa shape index (κ1) is 17.2. The summed E-state index contributed by atoms with van der Waals surface area (Å²) in [6, 6.07) is 15.1. The number of aromatic amines is 1. The molecule has 6 nitrogen and oxygen atoms in total. The first-order valence-corrected chi connectivity index (χ1v) is 9.64. The van der Waals surface area contributed by atoms with Crippen molar-refractivity contribution in [3.63, 3.8) is 0 Å². The summed E-state index contributed by atoms with van der Waals surface area (Å²) in [6.45, 7) is 0.